The second-order valence-corrected chi connectivity index (χ2v) is 3.60. The second kappa shape index (κ2) is 6.71. The fourth-order valence-corrected chi connectivity index (χ4v) is 1.62. The Bertz CT molecular complexity index is 340. The Balaban J connectivity index is 2.28. The van der Waals surface area contributed by atoms with E-state index in [4.69, 9.17) is 5.11 Å². The summed E-state index contributed by atoms with van der Waals surface area (Å²) in [7, 11) is 1.91. The number of amides is 1. The summed E-state index contributed by atoms with van der Waals surface area (Å²) < 4.78 is 0. The Labute approximate surface area is 95.7 Å². The lowest BCUT2D eigenvalue weighted by Gasteiger charge is -2.08. The van der Waals surface area contributed by atoms with Gasteiger partial charge in [0.1, 0.15) is 0 Å². The van der Waals surface area contributed by atoms with Crippen molar-refractivity contribution in [3.8, 4) is 0 Å². The monoisotopic (exact) mass is 222 g/mol. The van der Waals surface area contributed by atoms with Gasteiger partial charge in [-0.3, -0.25) is 0 Å². The van der Waals surface area contributed by atoms with Crippen LogP contribution in [0.15, 0.2) is 24.3 Å². The van der Waals surface area contributed by atoms with Gasteiger partial charge in [-0.05, 0) is 30.9 Å². The van der Waals surface area contributed by atoms with Gasteiger partial charge in [0.05, 0.1) is 0 Å². The Morgan fingerprint density at radius 2 is 2.06 bits per heavy atom. The van der Waals surface area contributed by atoms with Crippen molar-refractivity contribution in [1.82, 2.24) is 5.32 Å². The summed E-state index contributed by atoms with van der Waals surface area (Å²) in [5.41, 5.74) is 2.43. The van der Waals surface area contributed by atoms with E-state index in [0.29, 0.717) is 6.54 Å². The smallest absolute Gasteiger partial charge is 0.404 e. The maximum atomic E-state index is 10.2. The number of rotatable bonds is 6. The lowest BCUT2D eigenvalue weighted by atomic mass is 10.1. The molecule has 1 rings (SSSR count). The number of benzene rings is 1. The van der Waals surface area contributed by atoms with Crippen molar-refractivity contribution in [3.05, 3.63) is 29.8 Å². The minimum Gasteiger partial charge on any atom is -0.465 e. The Hall–Kier alpha value is -1.71. The molecule has 0 aromatic heterocycles. The first kappa shape index (κ1) is 12.4. The Kier molecular flexibility index (Phi) is 5.19. The lowest BCUT2D eigenvalue weighted by molar-refractivity contribution is 0.194. The molecule has 0 fully saturated rings. The van der Waals surface area contributed by atoms with Crippen LogP contribution in [0.3, 0.4) is 0 Å². The predicted molar refractivity (Wildman–Crippen MR) is 65.0 cm³/mol. The van der Waals surface area contributed by atoms with Gasteiger partial charge in [0.2, 0.25) is 0 Å². The molecule has 0 unspecified atom stereocenters. The van der Waals surface area contributed by atoms with Gasteiger partial charge in [-0.1, -0.05) is 18.2 Å². The van der Waals surface area contributed by atoms with Crippen LogP contribution < -0.4 is 10.6 Å². The van der Waals surface area contributed by atoms with Crippen LogP contribution in [-0.4, -0.2) is 24.8 Å². The van der Waals surface area contributed by atoms with E-state index in [0.717, 1.165) is 24.9 Å². The topological polar surface area (TPSA) is 61.4 Å². The van der Waals surface area contributed by atoms with Gasteiger partial charge in [-0.15, -0.1) is 0 Å². The number of para-hydroxylation sites is 1. The molecule has 1 amide bonds. The van der Waals surface area contributed by atoms with Crippen molar-refractivity contribution in [2.45, 2.75) is 19.3 Å². The van der Waals surface area contributed by atoms with E-state index in [1.165, 1.54) is 5.56 Å². The van der Waals surface area contributed by atoms with Crippen LogP contribution in [0.1, 0.15) is 18.4 Å². The van der Waals surface area contributed by atoms with Crippen LogP contribution in [0.25, 0.3) is 0 Å². The SMILES string of the molecule is CNc1ccccc1CCCCNC(=O)O. The highest BCUT2D eigenvalue weighted by molar-refractivity contribution is 5.64. The first-order valence-electron chi connectivity index (χ1n) is 5.46. The number of carboxylic acid groups (broad SMARTS) is 1. The third-order valence-electron chi connectivity index (χ3n) is 2.44. The molecule has 88 valence electrons. The number of hydrogen-bond donors (Lipinski definition) is 3. The van der Waals surface area contributed by atoms with E-state index in [1.54, 1.807) is 0 Å². The Morgan fingerprint density at radius 3 is 2.75 bits per heavy atom. The first-order chi connectivity index (χ1) is 7.74. The summed E-state index contributed by atoms with van der Waals surface area (Å²) >= 11 is 0. The number of unbranched alkanes of at least 4 members (excludes halogenated alkanes) is 1. The van der Waals surface area contributed by atoms with Gasteiger partial charge in [0.15, 0.2) is 0 Å². The third kappa shape index (κ3) is 4.21. The second-order valence-electron chi connectivity index (χ2n) is 3.60. The number of carbonyl (C=O) groups is 1. The van der Waals surface area contributed by atoms with Crippen molar-refractivity contribution >= 4 is 11.8 Å². The molecule has 0 heterocycles. The van der Waals surface area contributed by atoms with Crippen LogP contribution in [0, 0.1) is 0 Å². The summed E-state index contributed by atoms with van der Waals surface area (Å²) in [4.78, 5) is 10.2. The molecule has 16 heavy (non-hydrogen) atoms. The highest BCUT2D eigenvalue weighted by Gasteiger charge is 1.99. The third-order valence-corrected chi connectivity index (χ3v) is 2.44. The number of nitrogens with one attached hydrogen (secondary N) is 2. The standard InChI is InChI=1S/C12H18N2O2/c1-13-11-8-3-2-6-10(11)7-4-5-9-14-12(15)16/h2-3,6,8,13-14H,4-5,7,9H2,1H3,(H,15,16). The zero-order valence-electron chi connectivity index (χ0n) is 9.49. The molecule has 1 aromatic carbocycles. The first-order valence-corrected chi connectivity index (χ1v) is 5.46. The molecule has 0 saturated carbocycles. The zero-order chi connectivity index (χ0) is 11.8. The van der Waals surface area contributed by atoms with Crippen molar-refractivity contribution in [3.63, 3.8) is 0 Å². The summed E-state index contributed by atoms with van der Waals surface area (Å²) in [6.07, 6.45) is 1.87. The summed E-state index contributed by atoms with van der Waals surface area (Å²) in [6.45, 7) is 0.525. The van der Waals surface area contributed by atoms with E-state index < -0.39 is 6.09 Å². The molecule has 0 atom stereocenters. The minimum absolute atomic E-state index is 0.525. The summed E-state index contributed by atoms with van der Waals surface area (Å²) in [6, 6.07) is 8.16. The van der Waals surface area contributed by atoms with E-state index in [9.17, 15) is 4.79 Å². The zero-order valence-corrected chi connectivity index (χ0v) is 9.49. The molecule has 3 N–H and O–H groups in total. The average molecular weight is 222 g/mol. The average Bonchev–Trinajstić information content (AvgIpc) is 2.29. The highest BCUT2D eigenvalue weighted by atomic mass is 16.4. The van der Waals surface area contributed by atoms with Crippen molar-refractivity contribution in [2.24, 2.45) is 0 Å². The maximum absolute atomic E-state index is 10.2. The van der Waals surface area contributed by atoms with Gasteiger partial charge in [-0.25, -0.2) is 4.79 Å². The number of aryl methyl sites for hydroxylation is 1. The lowest BCUT2D eigenvalue weighted by Crippen LogP contribution is -2.21. The molecule has 0 bridgehead atoms. The van der Waals surface area contributed by atoms with Crippen molar-refractivity contribution in [2.75, 3.05) is 18.9 Å². The van der Waals surface area contributed by atoms with E-state index in [1.807, 2.05) is 25.2 Å². The molecular weight excluding hydrogens is 204 g/mol. The molecule has 0 saturated heterocycles. The van der Waals surface area contributed by atoms with Crippen molar-refractivity contribution in [1.29, 1.82) is 0 Å². The molecule has 0 aliphatic heterocycles. The minimum atomic E-state index is -0.948. The fourth-order valence-electron chi connectivity index (χ4n) is 1.62. The molecule has 0 radical (unpaired) electrons. The largest absolute Gasteiger partial charge is 0.465 e. The number of hydrogen-bond acceptors (Lipinski definition) is 2. The van der Waals surface area contributed by atoms with E-state index in [2.05, 4.69) is 16.7 Å². The van der Waals surface area contributed by atoms with Crippen LogP contribution in [0.4, 0.5) is 10.5 Å². The molecule has 4 heteroatoms. The van der Waals surface area contributed by atoms with Gasteiger partial charge in [-0.2, -0.15) is 0 Å². The molecule has 0 aliphatic rings. The molecule has 4 nitrogen and oxygen atoms in total. The van der Waals surface area contributed by atoms with Crippen LogP contribution in [0.5, 0.6) is 0 Å². The normalized spacial score (nSPS) is 9.81. The van der Waals surface area contributed by atoms with Crippen LogP contribution in [-0.2, 0) is 6.42 Å². The molecule has 1 aromatic rings. The summed E-state index contributed by atoms with van der Waals surface area (Å²) in [5, 5.41) is 13.9. The molecule has 0 aliphatic carbocycles. The predicted octanol–water partition coefficient (Wildman–Crippen LogP) is 2.32. The quantitative estimate of drug-likeness (QED) is 0.647. The fraction of sp³-hybridized carbons (Fsp3) is 0.417. The van der Waals surface area contributed by atoms with Crippen molar-refractivity contribution < 1.29 is 9.90 Å². The highest BCUT2D eigenvalue weighted by Crippen LogP contribution is 2.16. The molecular formula is C12H18N2O2. The summed E-state index contributed by atoms with van der Waals surface area (Å²) in [5.74, 6) is 0. The maximum Gasteiger partial charge on any atom is 0.404 e. The van der Waals surface area contributed by atoms with E-state index in [-0.39, 0.29) is 0 Å². The van der Waals surface area contributed by atoms with E-state index >= 15 is 0 Å². The van der Waals surface area contributed by atoms with Gasteiger partial charge in [0, 0.05) is 19.3 Å². The van der Waals surface area contributed by atoms with Gasteiger partial charge < -0.3 is 15.7 Å². The van der Waals surface area contributed by atoms with Crippen LogP contribution >= 0.6 is 0 Å². The van der Waals surface area contributed by atoms with Gasteiger partial charge >= 0.3 is 6.09 Å². The van der Waals surface area contributed by atoms with Crippen LogP contribution in [0.2, 0.25) is 0 Å². The number of anilines is 1. The Morgan fingerprint density at radius 1 is 1.31 bits per heavy atom. The van der Waals surface area contributed by atoms with Gasteiger partial charge in [0.25, 0.3) is 0 Å². The molecule has 0 spiro atoms.